The summed E-state index contributed by atoms with van der Waals surface area (Å²) in [6, 6.07) is 17.1. The van der Waals surface area contributed by atoms with Gasteiger partial charge in [0.2, 0.25) is 9.84 Å². The molecule has 0 amide bonds. The Kier molecular flexibility index (Phi) is 4.76. The Balaban J connectivity index is 1.31. The van der Waals surface area contributed by atoms with Gasteiger partial charge in [-0.3, -0.25) is 27.5 Å². The summed E-state index contributed by atoms with van der Waals surface area (Å²) in [5.74, 6) is 0. The van der Waals surface area contributed by atoms with Crippen molar-refractivity contribution in [2.24, 2.45) is 0 Å². The number of fused-ring (bicyclic) bond motifs is 9. The van der Waals surface area contributed by atoms with Crippen molar-refractivity contribution < 1.29 is 34.4 Å². The first-order valence-electron chi connectivity index (χ1n) is 15.8. The quantitative estimate of drug-likeness (QED) is 0.137. The molecule has 0 unspecified atom stereocenters. The van der Waals surface area contributed by atoms with E-state index >= 15 is 0 Å². The van der Waals surface area contributed by atoms with Crippen LogP contribution in [-0.4, -0.2) is 53.1 Å². The summed E-state index contributed by atoms with van der Waals surface area (Å²) in [6.45, 7) is 0. The fourth-order valence-corrected chi connectivity index (χ4v) is 11.5. The van der Waals surface area contributed by atoms with Crippen molar-refractivity contribution in [2.45, 2.75) is 19.6 Å². The van der Waals surface area contributed by atoms with Crippen molar-refractivity contribution in [3.05, 3.63) is 93.5 Å². The molecule has 0 aliphatic carbocycles. The van der Waals surface area contributed by atoms with Crippen LogP contribution >= 0.6 is 0 Å². The van der Waals surface area contributed by atoms with Gasteiger partial charge in [-0.05, 0) is 71.4 Å². The monoisotopic (exact) mass is 758 g/mol. The van der Waals surface area contributed by atoms with Crippen LogP contribution in [0.4, 0.5) is 0 Å². The number of benzene rings is 7. The minimum Gasteiger partial charge on any atom is -0.282 e. The molecule has 7 aromatic carbocycles. The summed E-state index contributed by atoms with van der Waals surface area (Å²) in [7, 11) is -13.6. The summed E-state index contributed by atoms with van der Waals surface area (Å²) < 4.78 is 99.2. The second-order valence-electron chi connectivity index (χ2n) is 13.3. The molecule has 53 heavy (non-hydrogen) atoms. The Bertz CT molecular complexity index is 4070. The fourth-order valence-electron chi connectivity index (χ4n) is 8.72. The molecule has 12 rings (SSSR count). The zero-order valence-electron chi connectivity index (χ0n) is 26.1. The van der Waals surface area contributed by atoms with E-state index in [2.05, 4.69) is 9.97 Å². The number of pyridine rings is 2. The van der Waals surface area contributed by atoms with E-state index < -0.39 is 51.0 Å². The molecule has 11 aromatic rings. The molecule has 1 aliphatic heterocycles. The molecule has 0 radical (unpaired) electrons. The van der Waals surface area contributed by atoms with Crippen LogP contribution in [0, 0.1) is 0 Å². The highest BCUT2D eigenvalue weighted by molar-refractivity contribution is 7.92. The first kappa shape index (κ1) is 29.5. The van der Waals surface area contributed by atoms with Crippen LogP contribution in [-0.2, 0) is 30.1 Å². The van der Waals surface area contributed by atoms with Gasteiger partial charge >= 0.3 is 0 Å². The lowest BCUT2D eigenvalue weighted by Gasteiger charge is -2.17. The molecule has 0 saturated heterocycles. The van der Waals surface area contributed by atoms with Crippen molar-refractivity contribution in [1.29, 1.82) is 0 Å². The molecule has 0 saturated carbocycles. The van der Waals surface area contributed by atoms with Crippen molar-refractivity contribution in [3.63, 3.8) is 0 Å². The van der Waals surface area contributed by atoms with E-state index in [0.717, 1.165) is 18.2 Å². The molecule has 14 nitrogen and oxygen atoms in total. The minimum absolute atomic E-state index is 0.0536. The van der Waals surface area contributed by atoms with Gasteiger partial charge in [-0.1, -0.05) is 12.1 Å². The molecular weight excluding hydrogens is 745 g/mol. The van der Waals surface area contributed by atoms with Gasteiger partial charge in [0.05, 0.1) is 47.0 Å². The molecule has 5 heterocycles. The maximum absolute atomic E-state index is 14.7. The molecule has 17 heteroatoms. The number of rotatable bonds is 2. The van der Waals surface area contributed by atoms with E-state index in [0.29, 0.717) is 53.9 Å². The van der Waals surface area contributed by atoms with Crippen molar-refractivity contribution in [2.75, 3.05) is 0 Å². The summed E-state index contributed by atoms with van der Waals surface area (Å²) in [6.07, 6.45) is 0. The van der Waals surface area contributed by atoms with E-state index in [1.165, 1.54) is 39.1 Å². The molecular formula is C36H14N4O10S3. The van der Waals surface area contributed by atoms with E-state index in [-0.39, 0.29) is 53.9 Å². The van der Waals surface area contributed by atoms with Crippen LogP contribution in [0.25, 0.3) is 98.0 Å². The first-order chi connectivity index (χ1) is 25.1. The fraction of sp³-hybridized carbons (Fsp3) is 0. The summed E-state index contributed by atoms with van der Waals surface area (Å²) >= 11 is 0. The van der Waals surface area contributed by atoms with Gasteiger partial charge in [-0.15, -0.1) is 0 Å². The van der Waals surface area contributed by atoms with Crippen LogP contribution in [0.2, 0.25) is 0 Å². The van der Waals surface area contributed by atoms with Gasteiger partial charge in [-0.25, -0.2) is 18.4 Å². The van der Waals surface area contributed by atoms with Gasteiger partial charge in [0.25, 0.3) is 31.4 Å². The molecule has 2 N–H and O–H groups in total. The molecule has 1 aliphatic rings. The van der Waals surface area contributed by atoms with Crippen molar-refractivity contribution in [1.82, 2.24) is 18.8 Å². The number of aromatic nitrogens is 4. The van der Waals surface area contributed by atoms with Crippen LogP contribution in [0.5, 0.6) is 0 Å². The third kappa shape index (κ3) is 3.21. The lowest BCUT2D eigenvalue weighted by molar-refractivity contribution is 0.481. The van der Waals surface area contributed by atoms with Crippen LogP contribution < -0.4 is 11.1 Å². The number of imidazole rings is 2. The SMILES string of the molecule is O=c1c2cc3c4c5c(cc6c7c(ccc(c8ccc(c2c84)c2nc4ccc(S(=O)(=O)O)cc4n12)c57)c(=O)n1c2cc(S(=O)(=O)O)ccc2nc61)S3(=O)=O. The standard InChI is InChI=1S/C36H14N4O10S3/c41-35-18-6-4-16-15-3-5-17-27-20(36(42)39-23-9-13(52(45,46)47)1-7-21(23)37-33(17)39)12-26-32(29(15)27)31-25(51(26,43)44)11-19(28(18)30(16)31)34-38-22-8-2-14(53(48,49)50)10-24(22)40(34)35/h1-12H,(H,45,46,47)(H,48,49,50). The third-order valence-corrected chi connectivity index (χ3v) is 14.3. The predicted octanol–water partition coefficient (Wildman–Crippen LogP) is 4.88. The average Bonchev–Trinajstić information content (AvgIpc) is 3.76. The summed E-state index contributed by atoms with van der Waals surface area (Å²) in [5.41, 5.74) is -0.0922. The van der Waals surface area contributed by atoms with E-state index in [4.69, 9.17) is 0 Å². The molecule has 4 aromatic heterocycles. The molecule has 0 bridgehead atoms. The van der Waals surface area contributed by atoms with Gasteiger partial charge in [0.15, 0.2) is 0 Å². The minimum atomic E-state index is -4.63. The highest BCUT2D eigenvalue weighted by atomic mass is 32.2. The topological polar surface area (TPSA) is 212 Å². The summed E-state index contributed by atoms with van der Waals surface area (Å²) in [4.78, 5) is 37.0. The van der Waals surface area contributed by atoms with E-state index in [1.807, 2.05) is 0 Å². The van der Waals surface area contributed by atoms with Gasteiger partial charge in [-0.2, -0.15) is 16.8 Å². The molecule has 256 valence electrons. The first-order valence-corrected chi connectivity index (χ1v) is 20.1. The third-order valence-electron chi connectivity index (χ3n) is 10.8. The smallest absolute Gasteiger partial charge is 0.282 e. The summed E-state index contributed by atoms with van der Waals surface area (Å²) in [5, 5.41) is 5.14. The lowest BCUT2D eigenvalue weighted by Crippen LogP contribution is -2.14. The number of hydrogen-bond acceptors (Lipinski definition) is 10. The second kappa shape index (κ2) is 8.57. The maximum atomic E-state index is 14.7. The highest BCUT2D eigenvalue weighted by Crippen LogP contribution is 2.54. The van der Waals surface area contributed by atoms with Crippen molar-refractivity contribution >= 4 is 128 Å². The van der Waals surface area contributed by atoms with Gasteiger partial charge in [0, 0.05) is 48.5 Å². The number of hydrogen-bond donors (Lipinski definition) is 2. The van der Waals surface area contributed by atoms with Crippen LogP contribution in [0.3, 0.4) is 0 Å². The van der Waals surface area contributed by atoms with Crippen molar-refractivity contribution in [3.8, 4) is 0 Å². The lowest BCUT2D eigenvalue weighted by atomic mass is 9.86. The Hall–Kier alpha value is -6.11. The Morgan fingerprint density at radius 3 is 1.45 bits per heavy atom. The van der Waals surface area contributed by atoms with Crippen LogP contribution in [0.1, 0.15) is 0 Å². The second-order valence-corrected chi connectivity index (χ2v) is 18.1. The zero-order chi connectivity index (χ0) is 36.4. The molecule has 0 spiro atoms. The van der Waals surface area contributed by atoms with Crippen LogP contribution in [0.15, 0.2) is 102 Å². The zero-order valence-corrected chi connectivity index (χ0v) is 28.6. The van der Waals surface area contributed by atoms with Gasteiger partial charge in [0.1, 0.15) is 11.3 Å². The molecule has 0 fully saturated rings. The normalized spacial score (nSPS) is 15.0. The maximum Gasteiger partial charge on any atom is 0.294 e. The number of sulfone groups is 1. The number of nitrogens with zero attached hydrogens (tertiary/aromatic N) is 4. The Labute approximate surface area is 293 Å². The Morgan fingerprint density at radius 2 is 0.925 bits per heavy atom. The van der Waals surface area contributed by atoms with E-state index in [9.17, 15) is 43.9 Å². The largest absolute Gasteiger partial charge is 0.294 e. The van der Waals surface area contributed by atoms with E-state index in [1.54, 1.807) is 24.3 Å². The van der Waals surface area contributed by atoms with Gasteiger partial charge < -0.3 is 0 Å². The Morgan fingerprint density at radius 1 is 0.491 bits per heavy atom. The highest BCUT2D eigenvalue weighted by Gasteiger charge is 2.37. The predicted molar refractivity (Wildman–Crippen MR) is 195 cm³/mol. The average molecular weight is 759 g/mol. The molecule has 0 atom stereocenters.